The minimum Gasteiger partial charge on any atom is -0.465 e. The lowest BCUT2D eigenvalue weighted by Crippen LogP contribution is -2.56. The monoisotopic (exact) mass is 625 g/mol. The Bertz CT molecular complexity index is 1770. The van der Waals surface area contributed by atoms with E-state index >= 15 is 0 Å². The SMILES string of the molecule is Cc1nc2ccc(C3(N(CCN(Cc4ccccc4)Cc4ccccc4)C(=O)O)CCCCC3CCc3ccc(C#N)cc3)cc2[nH]1. The Morgan fingerprint density at radius 1 is 0.915 bits per heavy atom. The number of aryl methyl sites for hydroxylation is 2. The highest BCUT2D eigenvalue weighted by Crippen LogP contribution is 2.49. The molecule has 7 heteroatoms. The van der Waals surface area contributed by atoms with Gasteiger partial charge in [0.25, 0.3) is 0 Å². The molecule has 0 bridgehead atoms. The third-order valence-corrected chi connectivity index (χ3v) is 9.85. The highest BCUT2D eigenvalue weighted by atomic mass is 16.4. The van der Waals surface area contributed by atoms with Crippen LogP contribution in [0.1, 0.15) is 65.7 Å². The van der Waals surface area contributed by atoms with E-state index in [1.165, 1.54) is 16.7 Å². The molecule has 1 aliphatic carbocycles. The third kappa shape index (κ3) is 7.40. The molecule has 2 atom stereocenters. The number of aromatic amines is 1. The maximum atomic E-state index is 13.5. The molecule has 6 rings (SSSR count). The van der Waals surface area contributed by atoms with Gasteiger partial charge in [-0.3, -0.25) is 9.80 Å². The number of nitrogens with one attached hydrogen (secondary N) is 1. The summed E-state index contributed by atoms with van der Waals surface area (Å²) in [6.45, 7) is 4.41. The van der Waals surface area contributed by atoms with Crippen molar-refractivity contribution in [2.45, 2.75) is 64.1 Å². The second-order valence-corrected chi connectivity index (χ2v) is 12.9. The average molecular weight is 626 g/mol. The van der Waals surface area contributed by atoms with Crippen LogP contribution in [-0.2, 0) is 25.0 Å². The zero-order valence-electron chi connectivity index (χ0n) is 27.1. The summed E-state index contributed by atoms with van der Waals surface area (Å²) in [5, 5.41) is 20.4. The first kappa shape index (κ1) is 32.0. The summed E-state index contributed by atoms with van der Waals surface area (Å²) in [7, 11) is 0. The largest absolute Gasteiger partial charge is 0.465 e. The van der Waals surface area contributed by atoms with Gasteiger partial charge in [0.15, 0.2) is 0 Å². The summed E-state index contributed by atoms with van der Waals surface area (Å²) < 4.78 is 0. The molecule has 1 aromatic heterocycles. The average Bonchev–Trinajstić information content (AvgIpc) is 3.48. The summed E-state index contributed by atoms with van der Waals surface area (Å²) in [6, 6.07) is 37.1. The molecule has 0 spiro atoms. The van der Waals surface area contributed by atoms with Gasteiger partial charge in [-0.2, -0.15) is 5.26 Å². The van der Waals surface area contributed by atoms with Crippen LogP contribution in [0.2, 0.25) is 0 Å². The molecule has 240 valence electrons. The van der Waals surface area contributed by atoms with E-state index in [1.807, 2.05) is 49.4 Å². The fourth-order valence-electron chi connectivity index (χ4n) is 7.60. The molecular weight excluding hydrogens is 582 g/mol. The number of carbonyl (C=O) groups is 1. The van der Waals surface area contributed by atoms with Crippen LogP contribution in [0.15, 0.2) is 103 Å². The van der Waals surface area contributed by atoms with Crippen LogP contribution in [-0.4, -0.2) is 44.1 Å². The Labute approximate surface area is 277 Å². The molecular formula is C40H43N5O2. The van der Waals surface area contributed by atoms with E-state index < -0.39 is 11.6 Å². The summed E-state index contributed by atoms with van der Waals surface area (Å²) in [4.78, 5) is 25.7. The minimum absolute atomic E-state index is 0.126. The van der Waals surface area contributed by atoms with E-state index in [4.69, 9.17) is 0 Å². The van der Waals surface area contributed by atoms with Crippen molar-refractivity contribution >= 4 is 17.1 Å². The van der Waals surface area contributed by atoms with Gasteiger partial charge in [-0.25, -0.2) is 9.78 Å². The number of imidazole rings is 1. The second-order valence-electron chi connectivity index (χ2n) is 12.9. The zero-order valence-corrected chi connectivity index (χ0v) is 27.1. The van der Waals surface area contributed by atoms with Crippen LogP contribution in [0.3, 0.4) is 0 Å². The van der Waals surface area contributed by atoms with Crippen molar-refractivity contribution in [2.75, 3.05) is 13.1 Å². The van der Waals surface area contributed by atoms with E-state index in [9.17, 15) is 15.2 Å². The maximum Gasteiger partial charge on any atom is 0.408 e. The lowest BCUT2D eigenvalue weighted by molar-refractivity contribution is -0.00438. The number of nitrogens with zero attached hydrogens (tertiary/aromatic N) is 4. The number of nitriles is 1. The van der Waals surface area contributed by atoms with Gasteiger partial charge in [-0.1, -0.05) is 91.7 Å². The normalized spacial score (nSPS) is 17.9. The van der Waals surface area contributed by atoms with E-state index in [-0.39, 0.29) is 5.92 Å². The van der Waals surface area contributed by atoms with Gasteiger partial charge < -0.3 is 10.1 Å². The number of benzene rings is 4. The number of H-pyrrole nitrogens is 1. The predicted molar refractivity (Wildman–Crippen MR) is 186 cm³/mol. The molecule has 1 saturated carbocycles. The van der Waals surface area contributed by atoms with Gasteiger partial charge in [-0.15, -0.1) is 0 Å². The fourth-order valence-corrected chi connectivity index (χ4v) is 7.60. The maximum absolute atomic E-state index is 13.5. The number of hydrogen-bond donors (Lipinski definition) is 2. The van der Waals surface area contributed by atoms with Crippen LogP contribution in [0.5, 0.6) is 0 Å². The molecule has 47 heavy (non-hydrogen) atoms. The first-order valence-electron chi connectivity index (χ1n) is 16.7. The summed E-state index contributed by atoms with van der Waals surface area (Å²) in [5.41, 5.74) is 6.42. The number of hydrogen-bond acceptors (Lipinski definition) is 4. The van der Waals surface area contributed by atoms with Crippen molar-refractivity contribution in [3.05, 3.63) is 137 Å². The molecule has 5 aromatic rings. The smallest absolute Gasteiger partial charge is 0.408 e. The van der Waals surface area contributed by atoms with E-state index in [0.29, 0.717) is 18.7 Å². The van der Waals surface area contributed by atoms with E-state index in [0.717, 1.165) is 74.0 Å². The summed E-state index contributed by atoms with van der Waals surface area (Å²) in [5.74, 6) is 0.973. The van der Waals surface area contributed by atoms with Crippen LogP contribution >= 0.6 is 0 Å². The van der Waals surface area contributed by atoms with Crippen LogP contribution < -0.4 is 0 Å². The Morgan fingerprint density at radius 3 is 2.23 bits per heavy atom. The summed E-state index contributed by atoms with van der Waals surface area (Å²) >= 11 is 0. The summed E-state index contributed by atoms with van der Waals surface area (Å²) in [6.07, 6.45) is 4.57. The molecule has 0 saturated heterocycles. The molecule has 4 aromatic carbocycles. The van der Waals surface area contributed by atoms with Gasteiger partial charge in [0.05, 0.1) is 28.2 Å². The number of amides is 1. The van der Waals surface area contributed by atoms with Crippen molar-refractivity contribution in [2.24, 2.45) is 5.92 Å². The molecule has 1 aliphatic rings. The van der Waals surface area contributed by atoms with E-state index in [1.54, 1.807) is 4.90 Å². The molecule has 2 unspecified atom stereocenters. The molecule has 0 aliphatic heterocycles. The Hall–Kier alpha value is -4.93. The Balaban J connectivity index is 1.35. The minimum atomic E-state index is -0.879. The van der Waals surface area contributed by atoms with Crippen molar-refractivity contribution < 1.29 is 9.90 Å². The van der Waals surface area contributed by atoms with Crippen LogP contribution in [0.4, 0.5) is 4.79 Å². The molecule has 0 radical (unpaired) electrons. The number of fused-ring (bicyclic) bond motifs is 1. The lowest BCUT2D eigenvalue weighted by atomic mass is 9.66. The van der Waals surface area contributed by atoms with Crippen LogP contribution in [0.25, 0.3) is 11.0 Å². The van der Waals surface area contributed by atoms with Crippen molar-refractivity contribution in [3.63, 3.8) is 0 Å². The predicted octanol–water partition coefficient (Wildman–Crippen LogP) is 8.44. The molecule has 2 N–H and O–H groups in total. The van der Waals surface area contributed by atoms with Gasteiger partial charge in [0, 0.05) is 26.2 Å². The van der Waals surface area contributed by atoms with Crippen molar-refractivity contribution in [1.82, 2.24) is 19.8 Å². The number of aromatic nitrogens is 2. The van der Waals surface area contributed by atoms with Gasteiger partial charge >= 0.3 is 6.09 Å². The highest BCUT2D eigenvalue weighted by molar-refractivity contribution is 5.77. The van der Waals surface area contributed by atoms with Crippen molar-refractivity contribution in [3.8, 4) is 6.07 Å². The molecule has 1 fully saturated rings. The highest BCUT2D eigenvalue weighted by Gasteiger charge is 2.48. The Kier molecular flexibility index (Phi) is 9.99. The van der Waals surface area contributed by atoms with Crippen LogP contribution in [0, 0.1) is 24.2 Å². The number of carboxylic acid groups (broad SMARTS) is 1. The molecule has 1 heterocycles. The third-order valence-electron chi connectivity index (χ3n) is 9.85. The first-order valence-corrected chi connectivity index (χ1v) is 16.7. The zero-order chi connectivity index (χ0) is 32.6. The van der Waals surface area contributed by atoms with Crippen molar-refractivity contribution in [1.29, 1.82) is 5.26 Å². The van der Waals surface area contributed by atoms with Gasteiger partial charge in [0.1, 0.15) is 5.82 Å². The topological polar surface area (TPSA) is 96.2 Å². The first-order chi connectivity index (χ1) is 22.9. The number of rotatable bonds is 12. The standard InChI is InChI=1S/C40H43N5O2/c1-30-42-37-22-21-36(26-38(37)43-30)40(23-9-8-14-35(40)20-19-31-15-17-32(27-41)18-16-31)45(39(46)47)25-24-44(28-33-10-4-2-5-11-33)29-34-12-6-3-7-13-34/h2-7,10-13,15-18,21-22,26,35H,8-9,14,19-20,23-25,28-29H2,1H3,(H,42,43)(H,46,47). The fraction of sp³-hybridized carbons (Fsp3) is 0.325. The van der Waals surface area contributed by atoms with E-state index in [2.05, 4.69) is 81.6 Å². The molecule has 7 nitrogen and oxygen atoms in total. The molecule has 1 amide bonds. The quantitative estimate of drug-likeness (QED) is 0.145. The lowest BCUT2D eigenvalue weighted by Gasteiger charge is -2.51. The Morgan fingerprint density at radius 2 is 1.60 bits per heavy atom. The van der Waals surface area contributed by atoms with Gasteiger partial charge in [0.2, 0.25) is 0 Å². The second kappa shape index (κ2) is 14.7. The van der Waals surface area contributed by atoms with Gasteiger partial charge in [-0.05, 0) is 85.0 Å².